The summed E-state index contributed by atoms with van der Waals surface area (Å²) in [6, 6.07) is 11.3. The second kappa shape index (κ2) is 8.18. The van der Waals surface area contributed by atoms with Crippen molar-refractivity contribution in [3.05, 3.63) is 68.9 Å². The molecule has 3 rings (SSSR count). The van der Waals surface area contributed by atoms with Crippen molar-refractivity contribution in [2.24, 2.45) is 0 Å². The van der Waals surface area contributed by atoms with Gasteiger partial charge in [0.15, 0.2) is 0 Å². The first kappa shape index (κ1) is 18.9. The van der Waals surface area contributed by atoms with Gasteiger partial charge in [0.2, 0.25) is 5.91 Å². The van der Waals surface area contributed by atoms with E-state index in [2.05, 4.69) is 15.9 Å². The number of rotatable bonds is 3. The van der Waals surface area contributed by atoms with E-state index < -0.39 is 5.82 Å². The van der Waals surface area contributed by atoms with Crippen LogP contribution in [0.1, 0.15) is 15.9 Å². The van der Waals surface area contributed by atoms with Crippen molar-refractivity contribution in [1.29, 1.82) is 0 Å². The van der Waals surface area contributed by atoms with Gasteiger partial charge in [-0.25, -0.2) is 4.39 Å². The van der Waals surface area contributed by atoms with Crippen LogP contribution in [0.3, 0.4) is 0 Å². The molecular weight excluding hydrogens is 423 g/mol. The standard InChI is InChI=1S/C19H17BrClFN2O2/c20-16-6-5-14(21)11-13(16)12-18(25)23-7-9-24(10-8-23)19(26)15-3-1-2-4-17(15)22/h1-6,11H,7-10,12H2. The number of benzene rings is 2. The molecule has 4 nitrogen and oxygen atoms in total. The summed E-state index contributed by atoms with van der Waals surface area (Å²) in [5, 5.41) is 0.580. The number of piperazine rings is 1. The summed E-state index contributed by atoms with van der Waals surface area (Å²) in [6.07, 6.45) is 0.238. The monoisotopic (exact) mass is 438 g/mol. The fourth-order valence-corrected chi connectivity index (χ4v) is 3.50. The van der Waals surface area contributed by atoms with Crippen LogP contribution in [0.25, 0.3) is 0 Å². The second-order valence-corrected chi connectivity index (χ2v) is 7.36. The van der Waals surface area contributed by atoms with Crippen molar-refractivity contribution in [1.82, 2.24) is 9.80 Å². The third-order valence-electron chi connectivity index (χ3n) is 4.37. The number of carbonyl (C=O) groups excluding carboxylic acids is 2. The molecule has 136 valence electrons. The minimum absolute atomic E-state index is 0.0223. The Labute approximate surface area is 164 Å². The van der Waals surface area contributed by atoms with Gasteiger partial charge in [-0.15, -0.1) is 0 Å². The molecule has 1 aliphatic heterocycles. The van der Waals surface area contributed by atoms with Gasteiger partial charge < -0.3 is 9.80 Å². The van der Waals surface area contributed by atoms with Crippen LogP contribution in [-0.2, 0) is 11.2 Å². The third-order valence-corrected chi connectivity index (χ3v) is 5.38. The minimum Gasteiger partial charge on any atom is -0.339 e. The smallest absolute Gasteiger partial charge is 0.256 e. The normalized spacial score (nSPS) is 14.4. The highest BCUT2D eigenvalue weighted by atomic mass is 79.9. The van der Waals surface area contributed by atoms with Crippen LogP contribution in [0.5, 0.6) is 0 Å². The lowest BCUT2D eigenvalue weighted by atomic mass is 10.1. The lowest BCUT2D eigenvalue weighted by Gasteiger charge is -2.35. The van der Waals surface area contributed by atoms with E-state index in [0.29, 0.717) is 31.2 Å². The van der Waals surface area contributed by atoms with Crippen LogP contribution in [0.2, 0.25) is 5.02 Å². The quantitative estimate of drug-likeness (QED) is 0.730. The Balaban J connectivity index is 1.60. The van der Waals surface area contributed by atoms with Gasteiger partial charge >= 0.3 is 0 Å². The molecular formula is C19H17BrClFN2O2. The minimum atomic E-state index is -0.526. The van der Waals surface area contributed by atoms with Crippen LogP contribution in [0.4, 0.5) is 4.39 Å². The number of carbonyl (C=O) groups is 2. The first-order chi connectivity index (χ1) is 12.5. The van der Waals surface area contributed by atoms with Gasteiger partial charge in [-0.05, 0) is 35.9 Å². The van der Waals surface area contributed by atoms with Crippen LogP contribution in [-0.4, -0.2) is 47.8 Å². The van der Waals surface area contributed by atoms with E-state index in [4.69, 9.17) is 11.6 Å². The fourth-order valence-electron chi connectivity index (χ4n) is 2.92. The second-order valence-electron chi connectivity index (χ2n) is 6.07. The predicted octanol–water partition coefficient (Wildman–Crippen LogP) is 3.77. The van der Waals surface area contributed by atoms with Crippen LogP contribution in [0, 0.1) is 5.82 Å². The molecule has 1 aliphatic rings. The van der Waals surface area contributed by atoms with Crippen molar-refractivity contribution in [3.8, 4) is 0 Å². The first-order valence-corrected chi connectivity index (χ1v) is 9.38. The molecule has 0 aliphatic carbocycles. The molecule has 26 heavy (non-hydrogen) atoms. The van der Waals surface area contributed by atoms with E-state index in [1.807, 2.05) is 6.07 Å². The topological polar surface area (TPSA) is 40.6 Å². The highest BCUT2D eigenvalue weighted by Gasteiger charge is 2.26. The molecule has 0 N–H and O–H groups in total. The number of halogens is 3. The Morgan fingerprint density at radius 2 is 1.69 bits per heavy atom. The summed E-state index contributed by atoms with van der Waals surface area (Å²) in [5.74, 6) is -0.888. The molecule has 7 heteroatoms. The highest BCUT2D eigenvalue weighted by Crippen LogP contribution is 2.22. The molecule has 0 spiro atoms. The van der Waals surface area contributed by atoms with E-state index in [0.717, 1.165) is 10.0 Å². The van der Waals surface area contributed by atoms with Gasteiger partial charge in [0.1, 0.15) is 5.82 Å². The van der Waals surface area contributed by atoms with Crippen LogP contribution in [0.15, 0.2) is 46.9 Å². The fraction of sp³-hybridized carbons (Fsp3) is 0.263. The molecule has 1 fully saturated rings. The Kier molecular flexibility index (Phi) is 5.94. The lowest BCUT2D eigenvalue weighted by Crippen LogP contribution is -2.51. The average molecular weight is 440 g/mol. The SMILES string of the molecule is O=C(Cc1cc(Cl)ccc1Br)N1CCN(C(=O)c2ccccc2F)CC1. The number of nitrogens with zero attached hydrogens (tertiary/aromatic N) is 2. The van der Waals surface area contributed by atoms with E-state index in [9.17, 15) is 14.0 Å². The Morgan fingerprint density at radius 1 is 1.04 bits per heavy atom. The first-order valence-electron chi connectivity index (χ1n) is 8.21. The Hall–Kier alpha value is -1.92. The largest absolute Gasteiger partial charge is 0.339 e. The molecule has 2 amide bonds. The molecule has 0 radical (unpaired) electrons. The van der Waals surface area contributed by atoms with Crippen molar-refractivity contribution < 1.29 is 14.0 Å². The summed E-state index contributed by atoms with van der Waals surface area (Å²) >= 11 is 9.42. The summed E-state index contributed by atoms with van der Waals surface area (Å²) in [5.41, 5.74) is 0.891. The Bertz CT molecular complexity index is 838. The number of amides is 2. The number of hydrogen-bond acceptors (Lipinski definition) is 2. The van der Waals surface area contributed by atoms with Crippen molar-refractivity contribution in [2.75, 3.05) is 26.2 Å². The lowest BCUT2D eigenvalue weighted by molar-refractivity contribution is -0.131. The predicted molar refractivity (Wildman–Crippen MR) is 102 cm³/mol. The van der Waals surface area contributed by atoms with E-state index in [1.54, 1.807) is 34.1 Å². The zero-order chi connectivity index (χ0) is 18.7. The molecule has 0 aromatic heterocycles. The summed E-state index contributed by atoms with van der Waals surface area (Å²) in [4.78, 5) is 28.3. The molecule has 0 saturated carbocycles. The van der Waals surface area contributed by atoms with E-state index >= 15 is 0 Å². The maximum Gasteiger partial charge on any atom is 0.256 e. The zero-order valence-corrected chi connectivity index (χ0v) is 16.3. The summed E-state index contributed by atoms with van der Waals surface area (Å²) in [6.45, 7) is 1.62. The molecule has 0 unspecified atom stereocenters. The highest BCUT2D eigenvalue weighted by molar-refractivity contribution is 9.10. The van der Waals surface area contributed by atoms with Gasteiger partial charge in [-0.2, -0.15) is 0 Å². The zero-order valence-electron chi connectivity index (χ0n) is 13.9. The molecule has 2 aromatic carbocycles. The number of hydrogen-bond donors (Lipinski definition) is 0. The summed E-state index contributed by atoms with van der Waals surface area (Å²) in [7, 11) is 0. The molecule has 1 heterocycles. The van der Waals surface area contributed by atoms with Crippen LogP contribution < -0.4 is 0 Å². The maximum atomic E-state index is 13.8. The van der Waals surface area contributed by atoms with Gasteiger partial charge in [0.05, 0.1) is 12.0 Å². The third kappa shape index (κ3) is 4.24. The van der Waals surface area contributed by atoms with Crippen LogP contribution >= 0.6 is 27.5 Å². The van der Waals surface area contributed by atoms with Crippen molar-refractivity contribution in [2.45, 2.75) is 6.42 Å². The Morgan fingerprint density at radius 3 is 2.38 bits per heavy atom. The average Bonchev–Trinajstić information content (AvgIpc) is 2.64. The molecule has 0 bridgehead atoms. The maximum absolute atomic E-state index is 13.8. The van der Waals surface area contributed by atoms with Gasteiger partial charge in [0, 0.05) is 35.7 Å². The van der Waals surface area contributed by atoms with Gasteiger partial charge in [0.25, 0.3) is 5.91 Å². The molecule has 2 aromatic rings. The van der Waals surface area contributed by atoms with E-state index in [1.165, 1.54) is 12.1 Å². The molecule has 1 saturated heterocycles. The van der Waals surface area contributed by atoms with Crippen molar-refractivity contribution in [3.63, 3.8) is 0 Å². The van der Waals surface area contributed by atoms with E-state index in [-0.39, 0.29) is 23.8 Å². The van der Waals surface area contributed by atoms with Gasteiger partial charge in [-0.1, -0.05) is 39.7 Å². The molecule has 0 atom stereocenters. The van der Waals surface area contributed by atoms with Crippen molar-refractivity contribution >= 4 is 39.3 Å². The summed E-state index contributed by atoms with van der Waals surface area (Å²) < 4.78 is 14.6. The van der Waals surface area contributed by atoms with Gasteiger partial charge in [-0.3, -0.25) is 9.59 Å².